The van der Waals surface area contributed by atoms with Crippen molar-refractivity contribution in [1.82, 2.24) is 19.5 Å². The van der Waals surface area contributed by atoms with Gasteiger partial charge in [0.2, 0.25) is 0 Å². The third-order valence-electron chi connectivity index (χ3n) is 4.14. The zero-order valence-electron chi connectivity index (χ0n) is 16.6. The lowest BCUT2D eigenvalue weighted by molar-refractivity contribution is -0.145. The van der Waals surface area contributed by atoms with Crippen molar-refractivity contribution >= 4 is 23.0 Å². The maximum absolute atomic E-state index is 11.4. The fourth-order valence-corrected chi connectivity index (χ4v) is 2.67. The van der Waals surface area contributed by atoms with Crippen LogP contribution < -0.4 is 15.2 Å². The van der Waals surface area contributed by atoms with E-state index < -0.39 is 5.97 Å². The second-order valence-corrected chi connectivity index (χ2v) is 6.38. The molecular weight excluding hydrogens is 374 g/mol. The summed E-state index contributed by atoms with van der Waals surface area (Å²) in [6.45, 7) is 5.15. The van der Waals surface area contributed by atoms with Gasteiger partial charge in [-0.3, -0.25) is 0 Å². The summed E-state index contributed by atoms with van der Waals surface area (Å²) >= 11 is 0. The number of fused-ring (bicyclic) bond motifs is 1. The highest BCUT2D eigenvalue weighted by atomic mass is 16.6. The molecule has 0 spiro atoms. The fraction of sp³-hybridized carbons (Fsp3) is 0.400. The van der Waals surface area contributed by atoms with Gasteiger partial charge in [-0.25, -0.2) is 9.78 Å². The third-order valence-corrected chi connectivity index (χ3v) is 4.14. The van der Waals surface area contributed by atoms with Gasteiger partial charge in [-0.15, -0.1) is 0 Å². The van der Waals surface area contributed by atoms with Crippen LogP contribution in [0.2, 0.25) is 0 Å². The molecule has 3 aromatic rings. The second-order valence-electron chi connectivity index (χ2n) is 6.38. The van der Waals surface area contributed by atoms with Crippen LogP contribution >= 0.6 is 0 Å². The Morgan fingerprint density at radius 2 is 1.93 bits per heavy atom. The van der Waals surface area contributed by atoms with Crippen molar-refractivity contribution in [3.05, 3.63) is 36.2 Å². The Balaban J connectivity index is 1.70. The number of aromatic nitrogens is 4. The Kier molecular flexibility index (Phi) is 6.83. The van der Waals surface area contributed by atoms with E-state index in [9.17, 15) is 4.79 Å². The topological polar surface area (TPSA) is 114 Å². The number of nitrogens with zero attached hydrogens (tertiary/aromatic N) is 4. The van der Waals surface area contributed by atoms with Gasteiger partial charge in [0.25, 0.3) is 0 Å². The van der Waals surface area contributed by atoms with Crippen LogP contribution in [0.15, 0.2) is 30.6 Å². The summed E-state index contributed by atoms with van der Waals surface area (Å²) in [6.07, 6.45) is 3.62. The molecule has 0 atom stereocenters. The summed E-state index contributed by atoms with van der Waals surface area (Å²) in [6, 6.07) is 7.69. The van der Waals surface area contributed by atoms with Crippen LogP contribution in [0.5, 0.6) is 11.8 Å². The summed E-state index contributed by atoms with van der Waals surface area (Å²) in [7, 11) is 0. The molecule has 3 rings (SSSR count). The van der Waals surface area contributed by atoms with Crippen molar-refractivity contribution in [2.24, 2.45) is 0 Å². The first-order chi connectivity index (χ1) is 14.1. The Hall–Kier alpha value is -3.36. The number of ether oxygens (including phenoxy) is 3. The Morgan fingerprint density at radius 1 is 1.14 bits per heavy atom. The first-order valence-corrected chi connectivity index (χ1v) is 9.59. The lowest BCUT2D eigenvalue weighted by Crippen LogP contribution is -2.14. The molecule has 154 valence electrons. The van der Waals surface area contributed by atoms with Crippen LogP contribution in [0.3, 0.4) is 0 Å². The first kappa shape index (κ1) is 20.4. The zero-order chi connectivity index (χ0) is 20.6. The second kappa shape index (κ2) is 9.72. The summed E-state index contributed by atoms with van der Waals surface area (Å²) < 4.78 is 17.7. The normalized spacial score (nSPS) is 10.8. The van der Waals surface area contributed by atoms with Gasteiger partial charge in [0.1, 0.15) is 5.75 Å². The number of benzene rings is 1. The number of nitrogen functional groups attached to an aromatic ring is 1. The molecule has 0 aliphatic carbocycles. The van der Waals surface area contributed by atoms with Crippen molar-refractivity contribution in [2.45, 2.75) is 33.2 Å². The number of rotatable bonds is 10. The van der Waals surface area contributed by atoms with E-state index in [1.54, 1.807) is 25.4 Å². The lowest BCUT2D eigenvalue weighted by Gasteiger charge is -2.09. The fourth-order valence-electron chi connectivity index (χ4n) is 2.67. The van der Waals surface area contributed by atoms with Crippen LogP contribution in [0.25, 0.3) is 11.2 Å². The van der Waals surface area contributed by atoms with Gasteiger partial charge in [-0.05, 0) is 31.0 Å². The highest BCUT2D eigenvalue weighted by molar-refractivity contribution is 5.82. The molecule has 2 N–H and O–H groups in total. The molecule has 2 aromatic heterocycles. The minimum atomic E-state index is -0.393. The number of esters is 1. The van der Waals surface area contributed by atoms with Crippen molar-refractivity contribution < 1.29 is 19.0 Å². The summed E-state index contributed by atoms with van der Waals surface area (Å²) in [5, 5.41) is 0. The van der Waals surface area contributed by atoms with E-state index in [4.69, 9.17) is 19.9 Å². The number of unbranched alkanes of at least 4 members (excludes halogenated alkanes) is 1. The average molecular weight is 399 g/mol. The smallest absolute Gasteiger partial charge is 0.344 e. The van der Waals surface area contributed by atoms with E-state index in [0.717, 1.165) is 18.4 Å². The maximum Gasteiger partial charge on any atom is 0.344 e. The van der Waals surface area contributed by atoms with Gasteiger partial charge < -0.3 is 24.5 Å². The van der Waals surface area contributed by atoms with E-state index in [1.807, 2.05) is 16.7 Å². The number of imidazole rings is 1. The molecule has 0 bridgehead atoms. The van der Waals surface area contributed by atoms with E-state index >= 15 is 0 Å². The maximum atomic E-state index is 11.4. The molecule has 1 aromatic carbocycles. The molecule has 0 unspecified atom stereocenters. The quantitative estimate of drug-likeness (QED) is 0.409. The Morgan fingerprint density at radius 3 is 2.66 bits per heavy atom. The minimum absolute atomic E-state index is 0.115. The zero-order valence-corrected chi connectivity index (χ0v) is 16.6. The van der Waals surface area contributed by atoms with Gasteiger partial charge in [-0.2, -0.15) is 9.97 Å². The standard InChI is InChI=1S/C20H25N5O4/c1-3-5-10-28-20-23-18(21)17-19(24-20)25(13-22-17)11-14-6-8-15(9-7-14)29-12-16(26)27-4-2/h6-9,13H,3-5,10-12H2,1-2H3,(H2,21,23,24). The summed E-state index contributed by atoms with van der Waals surface area (Å²) in [4.78, 5) is 24.3. The third kappa shape index (κ3) is 5.34. The molecule has 0 aliphatic heterocycles. The van der Waals surface area contributed by atoms with Crippen LogP contribution in [0.1, 0.15) is 32.3 Å². The van der Waals surface area contributed by atoms with Crippen LogP contribution in [-0.4, -0.2) is 45.3 Å². The highest BCUT2D eigenvalue weighted by Crippen LogP contribution is 2.21. The summed E-state index contributed by atoms with van der Waals surface area (Å²) in [5.41, 5.74) is 8.18. The predicted octanol–water partition coefficient (Wildman–Crippen LogP) is 2.58. The number of carbonyl (C=O) groups excluding carboxylic acids is 1. The van der Waals surface area contributed by atoms with Crippen LogP contribution in [-0.2, 0) is 16.1 Å². The summed E-state index contributed by atoms with van der Waals surface area (Å²) in [5.74, 6) is 0.495. The molecule has 0 amide bonds. The number of anilines is 1. The largest absolute Gasteiger partial charge is 0.482 e. The van der Waals surface area contributed by atoms with Gasteiger partial charge in [0, 0.05) is 0 Å². The van der Waals surface area contributed by atoms with E-state index in [-0.39, 0.29) is 12.6 Å². The van der Waals surface area contributed by atoms with Gasteiger partial charge in [0.15, 0.2) is 23.6 Å². The van der Waals surface area contributed by atoms with E-state index in [2.05, 4.69) is 21.9 Å². The molecule has 9 heteroatoms. The lowest BCUT2D eigenvalue weighted by atomic mass is 10.2. The van der Waals surface area contributed by atoms with E-state index in [1.165, 1.54) is 0 Å². The molecule has 0 aliphatic rings. The van der Waals surface area contributed by atoms with Crippen molar-refractivity contribution in [1.29, 1.82) is 0 Å². The molecule has 9 nitrogen and oxygen atoms in total. The monoisotopic (exact) mass is 399 g/mol. The van der Waals surface area contributed by atoms with Crippen molar-refractivity contribution in [3.63, 3.8) is 0 Å². The van der Waals surface area contributed by atoms with Gasteiger partial charge >= 0.3 is 12.0 Å². The Bertz CT molecular complexity index is 955. The van der Waals surface area contributed by atoms with E-state index in [0.29, 0.717) is 42.5 Å². The number of nitrogens with two attached hydrogens (primary N) is 1. The molecule has 0 radical (unpaired) electrons. The number of carbonyl (C=O) groups is 1. The average Bonchev–Trinajstić information content (AvgIpc) is 3.11. The van der Waals surface area contributed by atoms with Crippen LogP contribution in [0, 0.1) is 0 Å². The first-order valence-electron chi connectivity index (χ1n) is 9.59. The Labute approximate surface area is 168 Å². The van der Waals surface area contributed by atoms with Gasteiger partial charge in [-0.1, -0.05) is 25.5 Å². The number of hydrogen-bond donors (Lipinski definition) is 1. The van der Waals surface area contributed by atoms with Crippen LogP contribution in [0.4, 0.5) is 5.82 Å². The number of hydrogen-bond acceptors (Lipinski definition) is 8. The molecular formula is C20H25N5O4. The predicted molar refractivity (Wildman–Crippen MR) is 108 cm³/mol. The molecule has 0 saturated carbocycles. The van der Waals surface area contributed by atoms with Crippen molar-refractivity contribution in [3.8, 4) is 11.8 Å². The molecule has 0 saturated heterocycles. The SMILES string of the molecule is CCCCOc1nc(N)c2ncn(Cc3ccc(OCC(=O)OCC)cc3)c2n1. The minimum Gasteiger partial charge on any atom is -0.482 e. The molecule has 29 heavy (non-hydrogen) atoms. The van der Waals surface area contributed by atoms with Crippen molar-refractivity contribution in [2.75, 3.05) is 25.6 Å². The molecule has 2 heterocycles. The van der Waals surface area contributed by atoms with Gasteiger partial charge in [0.05, 0.1) is 26.1 Å². The molecule has 0 fully saturated rings. The highest BCUT2D eigenvalue weighted by Gasteiger charge is 2.12.